The molecule has 1 N–H and O–H groups in total. The summed E-state index contributed by atoms with van der Waals surface area (Å²) < 4.78 is 3.75. The lowest BCUT2D eigenvalue weighted by molar-refractivity contribution is 0.396. The van der Waals surface area contributed by atoms with Crippen LogP contribution in [0.2, 0.25) is 0 Å². The van der Waals surface area contributed by atoms with Crippen LogP contribution in [0.15, 0.2) is 4.47 Å². The molecule has 2 heterocycles. The van der Waals surface area contributed by atoms with Gasteiger partial charge in [0.25, 0.3) is 0 Å². The molecule has 3 nitrogen and oxygen atoms in total. The third kappa shape index (κ3) is 3.67. The highest BCUT2D eigenvalue weighted by molar-refractivity contribution is 9.10. The highest BCUT2D eigenvalue weighted by Crippen LogP contribution is 2.42. The molecule has 1 aromatic heterocycles. The van der Waals surface area contributed by atoms with Gasteiger partial charge in [-0.3, -0.25) is 4.68 Å². The molecule has 1 saturated heterocycles. The fraction of sp³-hybridized carbons (Fsp3) is 0.812. The fourth-order valence-corrected chi connectivity index (χ4v) is 5.37. The van der Waals surface area contributed by atoms with Gasteiger partial charge in [0.05, 0.1) is 15.9 Å². The average molecular weight is 374 g/mol. The smallest absolute Gasteiger partial charge is 0.0766 e. The maximum Gasteiger partial charge on any atom is 0.0766 e. The quantitative estimate of drug-likeness (QED) is 0.781. The van der Waals surface area contributed by atoms with E-state index in [-0.39, 0.29) is 0 Å². The Kier molecular flexibility index (Phi) is 6.21. The summed E-state index contributed by atoms with van der Waals surface area (Å²) in [6, 6.07) is 0.512. The molecule has 1 aliphatic rings. The van der Waals surface area contributed by atoms with Gasteiger partial charge in [-0.15, -0.1) is 0 Å². The van der Waals surface area contributed by atoms with Crippen molar-refractivity contribution in [2.45, 2.75) is 70.7 Å². The molecule has 2 unspecified atom stereocenters. The zero-order chi connectivity index (χ0) is 15.5. The van der Waals surface area contributed by atoms with Crippen LogP contribution >= 0.6 is 27.7 Å². The molecule has 120 valence electrons. The Balaban J connectivity index is 2.26. The maximum atomic E-state index is 4.74. The van der Waals surface area contributed by atoms with Crippen LogP contribution in [0.25, 0.3) is 0 Å². The second kappa shape index (κ2) is 7.51. The number of thioether (sulfide) groups is 1. The summed E-state index contributed by atoms with van der Waals surface area (Å²) >= 11 is 5.93. The largest absolute Gasteiger partial charge is 0.312 e. The van der Waals surface area contributed by atoms with Gasteiger partial charge in [-0.25, -0.2) is 0 Å². The number of nitrogens with one attached hydrogen (secondary N) is 1. The van der Waals surface area contributed by atoms with Crippen molar-refractivity contribution in [1.29, 1.82) is 0 Å². The second-order valence-electron chi connectivity index (χ2n) is 5.96. The lowest BCUT2D eigenvalue weighted by Gasteiger charge is -2.34. The van der Waals surface area contributed by atoms with Gasteiger partial charge in [0.1, 0.15) is 0 Å². The highest BCUT2D eigenvalue weighted by Gasteiger charge is 2.38. The van der Waals surface area contributed by atoms with Gasteiger partial charge in [0.2, 0.25) is 0 Å². The molecule has 5 heteroatoms. The Morgan fingerprint density at radius 3 is 2.71 bits per heavy atom. The zero-order valence-electron chi connectivity index (χ0n) is 13.7. The molecule has 1 aliphatic heterocycles. The van der Waals surface area contributed by atoms with Crippen LogP contribution in [-0.4, -0.2) is 32.9 Å². The van der Waals surface area contributed by atoms with Gasteiger partial charge in [-0.1, -0.05) is 13.8 Å². The van der Waals surface area contributed by atoms with Crippen LogP contribution in [-0.2, 0) is 19.4 Å². The summed E-state index contributed by atoms with van der Waals surface area (Å²) in [6.07, 6.45) is 4.70. The molecule has 1 aromatic rings. The molecule has 0 saturated carbocycles. The lowest BCUT2D eigenvalue weighted by atomic mass is 9.92. The molecular formula is C16H28BrN3S. The Bertz CT molecular complexity index is 466. The van der Waals surface area contributed by atoms with Gasteiger partial charge in [0.15, 0.2) is 0 Å². The fourth-order valence-electron chi connectivity index (χ4n) is 3.23. The second-order valence-corrected chi connectivity index (χ2v) is 8.38. The summed E-state index contributed by atoms with van der Waals surface area (Å²) in [6.45, 7) is 11.0. The van der Waals surface area contributed by atoms with Crippen LogP contribution in [0, 0.1) is 0 Å². The molecule has 0 aliphatic carbocycles. The van der Waals surface area contributed by atoms with Crippen molar-refractivity contribution in [2.24, 2.45) is 0 Å². The molecule has 21 heavy (non-hydrogen) atoms. The number of aromatic nitrogens is 2. The summed E-state index contributed by atoms with van der Waals surface area (Å²) in [4.78, 5) is 0. The van der Waals surface area contributed by atoms with Crippen molar-refractivity contribution >= 4 is 27.7 Å². The molecule has 1 fully saturated rings. The Morgan fingerprint density at radius 2 is 2.19 bits per heavy atom. The first kappa shape index (κ1) is 17.4. The van der Waals surface area contributed by atoms with Gasteiger partial charge in [-0.2, -0.15) is 16.9 Å². The molecule has 0 amide bonds. The van der Waals surface area contributed by atoms with Crippen LogP contribution in [0.3, 0.4) is 0 Å². The Labute approximate surface area is 141 Å². The van der Waals surface area contributed by atoms with Crippen LogP contribution < -0.4 is 5.32 Å². The molecule has 0 bridgehead atoms. The number of hydrogen-bond acceptors (Lipinski definition) is 3. The van der Waals surface area contributed by atoms with Gasteiger partial charge < -0.3 is 5.32 Å². The number of rotatable bonds is 7. The minimum atomic E-state index is 0.352. The molecule has 0 spiro atoms. The van der Waals surface area contributed by atoms with E-state index < -0.39 is 0 Å². The maximum absolute atomic E-state index is 4.74. The first-order valence-corrected chi connectivity index (χ1v) is 9.94. The van der Waals surface area contributed by atoms with E-state index in [4.69, 9.17) is 5.10 Å². The molecule has 0 radical (unpaired) electrons. The van der Waals surface area contributed by atoms with Crippen LogP contribution in [0.1, 0.15) is 51.9 Å². The monoisotopic (exact) mass is 373 g/mol. The van der Waals surface area contributed by atoms with E-state index in [1.807, 2.05) is 0 Å². The Morgan fingerprint density at radius 1 is 1.43 bits per heavy atom. The van der Waals surface area contributed by atoms with Crippen molar-refractivity contribution in [1.82, 2.24) is 15.1 Å². The lowest BCUT2D eigenvalue weighted by Crippen LogP contribution is -2.47. The van der Waals surface area contributed by atoms with Crippen LogP contribution in [0.5, 0.6) is 0 Å². The van der Waals surface area contributed by atoms with E-state index >= 15 is 0 Å². The van der Waals surface area contributed by atoms with Crippen LogP contribution in [0.4, 0.5) is 0 Å². The normalized spacial score (nSPS) is 23.7. The minimum Gasteiger partial charge on any atom is -0.312 e. The topological polar surface area (TPSA) is 29.9 Å². The van der Waals surface area contributed by atoms with E-state index in [1.165, 1.54) is 34.5 Å². The zero-order valence-corrected chi connectivity index (χ0v) is 16.1. The van der Waals surface area contributed by atoms with Crippen molar-refractivity contribution in [3.63, 3.8) is 0 Å². The molecular weight excluding hydrogens is 346 g/mol. The summed E-state index contributed by atoms with van der Waals surface area (Å²) in [7, 11) is 0. The van der Waals surface area contributed by atoms with Gasteiger partial charge in [0, 0.05) is 23.8 Å². The standard InChI is InChI=1S/C16H28BrN3S/c1-5-12-15(17)13(20(7-3)19-12)11-14(18-6-2)16(4)9-8-10-21-16/h14,18H,5-11H2,1-4H3. The molecule has 2 atom stereocenters. The number of aryl methyl sites for hydroxylation is 2. The van der Waals surface area contributed by atoms with Crippen molar-refractivity contribution in [2.75, 3.05) is 12.3 Å². The summed E-state index contributed by atoms with van der Waals surface area (Å²) in [5, 5.41) is 8.48. The average Bonchev–Trinajstić information content (AvgIpc) is 3.04. The summed E-state index contributed by atoms with van der Waals surface area (Å²) in [5.74, 6) is 1.30. The van der Waals surface area contributed by atoms with Crippen molar-refractivity contribution < 1.29 is 0 Å². The predicted molar refractivity (Wildman–Crippen MR) is 96.2 cm³/mol. The SMILES string of the molecule is CCNC(Cc1c(Br)c(CC)nn1CC)C1(C)CCCS1. The first-order chi connectivity index (χ1) is 10.1. The number of likely N-dealkylation sites (N-methyl/N-ethyl adjacent to an activating group) is 1. The van der Waals surface area contributed by atoms with E-state index in [0.717, 1.165) is 25.9 Å². The predicted octanol–water partition coefficient (Wildman–Crippen LogP) is 4.03. The molecule has 2 rings (SSSR count). The first-order valence-electron chi connectivity index (χ1n) is 8.17. The van der Waals surface area contributed by atoms with Crippen molar-refractivity contribution in [3.05, 3.63) is 15.9 Å². The number of nitrogens with zero attached hydrogens (tertiary/aromatic N) is 2. The Hall–Kier alpha value is -0.000000000000000111. The minimum absolute atomic E-state index is 0.352. The van der Waals surface area contributed by atoms with E-state index in [1.54, 1.807) is 0 Å². The van der Waals surface area contributed by atoms with E-state index in [2.05, 4.69) is 65.4 Å². The molecule has 0 aromatic carbocycles. The number of hydrogen-bond donors (Lipinski definition) is 1. The summed E-state index contributed by atoms with van der Waals surface area (Å²) in [5.41, 5.74) is 2.54. The van der Waals surface area contributed by atoms with E-state index in [9.17, 15) is 0 Å². The van der Waals surface area contributed by atoms with E-state index in [0.29, 0.717) is 10.8 Å². The van der Waals surface area contributed by atoms with Gasteiger partial charge in [-0.05, 0) is 61.3 Å². The van der Waals surface area contributed by atoms with Crippen molar-refractivity contribution in [3.8, 4) is 0 Å². The van der Waals surface area contributed by atoms with Gasteiger partial charge >= 0.3 is 0 Å². The third-order valence-corrected chi connectivity index (χ3v) is 7.08. The number of halogens is 1. The highest BCUT2D eigenvalue weighted by atomic mass is 79.9. The third-order valence-electron chi connectivity index (χ3n) is 4.53.